The number of hydrogen-bond acceptors (Lipinski definition) is 2. The first-order chi connectivity index (χ1) is 36.6. The number of aryl methyl sites for hydroxylation is 2. The van der Waals surface area contributed by atoms with Crippen LogP contribution < -0.4 is 4.74 Å². The molecule has 0 atom stereocenters. The van der Waals surface area contributed by atoms with Gasteiger partial charge in [0.2, 0.25) is 0 Å². The van der Waals surface area contributed by atoms with Gasteiger partial charge in [-0.05, 0) is 24.0 Å². The Kier molecular flexibility index (Phi) is 8.27. The Labute approximate surface area is 432 Å². The molecule has 13 aromatic rings. The number of imidazole rings is 1. The summed E-state index contributed by atoms with van der Waals surface area (Å²) in [6, 6.07) is 56.8. The SMILES string of the molecule is [2H]C([2H])([2H])c1ccc(-n2[c](=[Pt])n(-c3cc(C(C)(C)C)cc(C(C)(C)C)c3)c3ccccc32)cc1Oc1ccc2c3cc4c5cccc6c7ccccc7n(c4cc3n(-c3cc(C([2H])([2H])[2H])c(-c4ccccc4)cn3)c2c1)c65. The predicted molar refractivity (Wildman–Crippen MR) is 291 cm³/mol. The van der Waals surface area contributed by atoms with Crippen LogP contribution in [-0.2, 0) is 30.2 Å². The third-order valence-corrected chi connectivity index (χ3v) is 15.4. The predicted octanol–water partition coefficient (Wildman–Crippen LogP) is 16.8. The topological polar surface area (TPSA) is 41.3 Å². The zero-order chi connectivity index (χ0) is 53.7. The van der Waals surface area contributed by atoms with Crippen LogP contribution in [0.2, 0.25) is 0 Å². The summed E-state index contributed by atoms with van der Waals surface area (Å²) in [5.41, 5.74) is 12.3. The largest absolute Gasteiger partial charge is 0.0620 e. The molecule has 0 saturated carbocycles. The van der Waals surface area contributed by atoms with E-state index in [-0.39, 0.29) is 27.7 Å². The standard InChI is InChI=1S/C64H53N5O.Pt/c1-39-25-26-44(66-38-67(56-24-15-14-23-55(56)66)45-31-42(63(3,4)5)30-43(32-45)64(6,7)8)33-60(39)70-46-27-28-48-51-35-52-50-21-16-20-49-47-19-12-13-22-54(47)69(62(49)50)59(52)36-58(51)68(57(48)34-46)61-29-40(2)53(37-65-61)41-17-10-9-11-18-41;/h9-37H,1-8H3;/i1D3,2D3;. The fraction of sp³-hybridized carbons (Fsp3) is 0.156. The Balaban J connectivity index is 1.02. The molecule has 8 aromatic carbocycles. The van der Waals surface area contributed by atoms with Crippen LogP contribution in [-0.4, -0.2) is 23.1 Å². The summed E-state index contributed by atoms with van der Waals surface area (Å²) in [6.07, 6.45) is 1.66. The van der Waals surface area contributed by atoms with Crippen LogP contribution in [0.25, 0.3) is 99.3 Å². The second-order valence-corrected chi connectivity index (χ2v) is 21.9. The number of ether oxygens (including phenoxy) is 1. The normalized spacial score (nSPS) is 14.2. The van der Waals surface area contributed by atoms with Gasteiger partial charge in [-0.2, -0.15) is 0 Å². The third-order valence-electron chi connectivity index (χ3n) is 14.3. The van der Waals surface area contributed by atoms with Gasteiger partial charge in [0.1, 0.15) is 0 Å². The van der Waals surface area contributed by atoms with Crippen molar-refractivity contribution >= 4 is 70.9 Å². The summed E-state index contributed by atoms with van der Waals surface area (Å²) >= 11 is 2.39. The van der Waals surface area contributed by atoms with Gasteiger partial charge in [0, 0.05) is 37.4 Å². The molecule has 6 nitrogen and oxygen atoms in total. The molecule has 0 aliphatic heterocycles. The number of para-hydroxylation sites is 4. The maximum Gasteiger partial charge on any atom is 0.0620 e. The smallest absolute Gasteiger partial charge is 0.0620 e. The van der Waals surface area contributed by atoms with Crippen LogP contribution in [0.5, 0.6) is 11.5 Å². The molecule has 0 radical (unpaired) electrons. The quantitative estimate of drug-likeness (QED) is 0.166. The molecule has 71 heavy (non-hydrogen) atoms. The molecule has 0 aliphatic carbocycles. The van der Waals surface area contributed by atoms with Crippen molar-refractivity contribution in [1.82, 2.24) is 23.1 Å². The molecular formula is C64H53N5OPt. The monoisotopic (exact) mass is 1110 g/mol. The molecule has 5 aromatic heterocycles. The molecule has 13 rings (SSSR count). The maximum absolute atomic E-state index is 8.81. The van der Waals surface area contributed by atoms with Crippen LogP contribution in [0.4, 0.5) is 0 Å². The minimum atomic E-state index is -2.52. The van der Waals surface area contributed by atoms with Crippen molar-refractivity contribution < 1.29 is 32.3 Å². The second kappa shape index (κ2) is 15.7. The van der Waals surface area contributed by atoms with Gasteiger partial charge in [-0.15, -0.1) is 0 Å². The third kappa shape index (κ3) is 6.79. The van der Waals surface area contributed by atoms with E-state index in [9.17, 15) is 0 Å². The zero-order valence-electron chi connectivity index (χ0n) is 46.2. The second-order valence-electron chi connectivity index (χ2n) is 20.9. The summed E-state index contributed by atoms with van der Waals surface area (Å²) in [6.45, 7) is 8.46. The van der Waals surface area contributed by atoms with Crippen molar-refractivity contribution in [2.24, 2.45) is 0 Å². The minimum Gasteiger partial charge on any atom is 0.0620 e. The Morgan fingerprint density at radius 2 is 1.10 bits per heavy atom. The molecule has 0 spiro atoms. The molecule has 0 N–H and O–H groups in total. The van der Waals surface area contributed by atoms with Gasteiger partial charge < -0.3 is 4.40 Å². The summed E-state index contributed by atoms with van der Waals surface area (Å²) < 4.78 is 69.3. The molecule has 7 heteroatoms. The van der Waals surface area contributed by atoms with E-state index >= 15 is 0 Å². The first kappa shape index (κ1) is 37.3. The fourth-order valence-electron chi connectivity index (χ4n) is 10.7. The molecule has 0 aliphatic rings. The fourth-order valence-corrected chi connectivity index (χ4v) is 11.8. The number of rotatable bonds is 6. The molecule has 0 unspecified atom stereocenters. The van der Waals surface area contributed by atoms with E-state index in [2.05, 4.69) is 159 Å². The van der Waals surface area contributed by atoms with Crippen molar-refractivity contribution in [3.8, 4) is 39.8 Å². The molecule has 5 heterocycles. The van der Waals surface area contributed by atoms with Gasteiger partial charge >= 0.3 is 285 Å². The van der Waals surface area contributed by atoms with Crippen LogP contribution in [0, 0.1) is 17.5 Å². The molecule has 0 amide bonds. The van der Waals surface area contributed by atoms with Gasteiger partial charge in [-0.1, -0.05) is 66.7 Å². The van der Waals surface area contributed by atoms with Crippen molar-refractivity contribution in [3.05, 3.63) is 202 Å². The van der Waals surface area contributed by atoms with Gasteiger partial charge in [-0.25, -0.2) is 0 Å². The molecule has 0 bridgehead atoms. The Bertz CT molecular complexity index is 4590. The van der Waals surface area contributed by atoms with E-state index in [0.29, 0.717) is 22.6 Å². The average Bonchev–Trinajstić information content (AvgIpc) is 4.16. The van der Waals surface area contributed by atoms with Crippen molar-refractivity contribution in [2.75, 3.05) is 0 Å². The van der Waals surface area contributed by atoms with Gasteiger partial charge in [0.05, 0.1) is 16.6 Å². The maximum atomic E-state index is 8.81. The van der Waals surface area contributed by atoms with Crippen LogP contribution in [0.15, 0.2) is 176 Å². The number of hydrogen-bond donors (Lipinski definition) is 0. The molecule has 0 saturated heterocycles. The van der Waals surface area contributed by atoms with Crippen LogP contribution >= 0.6 is 0 Å². The molecular weight excluding hydrogens is 1050 g/mol. The van der Waals surface area contributed by atoms with Crippen LogP contribution in [0.1, 0.15) is 72.0 Å². The van der Waals surface area contributed by atoms with E-state index in [1.165, 1.54) is 16.5 Å². The van der Waals surface area contributed by atoms with E-state index in [4.69, 9.17) is 17.9 Å². The van der Waals surface area contributed by atoms with Crippen molar-refractivity contribution in [3.63, 3.8) is 0 Å². The minimum absolute atomic E-state index is 0.0648. The van der Waals surface area contributed by atoms with Gasteiger partial charge in [0.15, 0.2) is 0 Å². The Morgan fingerprint density at radius 3 is 1.82 bits per heavy atom. The summed E-state index contributed by atoms with van der Waals surface area (Å²) in [4.78, 5) is 5.06. The molecule has 0 fully saturated rings. The number of fused-ring (bicyclic) bond motifs is 10. The van der Waals surface area contributed by atoms with Gasteiger partial charge in [-0.3, -0.25) is 0 Å². The van der Waals surface area contributed by atoms with Crippen LogP contribution in [0.3, 0.4) is 0 Å². The first-order valence-corrected chi connectivity index (χ1v) is 25.2. The summed E-state index contributed by atoms with van der Waals surface area (Å²) in [5, 5.41) is 6.39. The summed E-state index contributed by atoms with van der Waals surface area (Å²) in [5.74, 6) is 0.998. The van der Waals surface area contributed by atoms with E-state index < -0.39 is 13.7 Å². The zero-order valence-corrected chi connectivity index (χ0v) is 42.5. The van der Waals surface area contributed by atoms with Crippen molar-refractivity contribution in [2.45, 2.75) is 66.1 Å². The first-order valence-electron chi connectivity index (χ1n) is 27.0. The Hall–Kier alpha value is -7.53. The number of aromatic nitrogens is 5. The van der Waals surface area contributed by atoms with Crippen molar-refractivity contribution in [1.29, 1.82) is 0 Å². The number of nitrogens with zero attached hydrogens (tertiary/aromatic N) is 5. The molecule has 350 valence electrons. The average molecular weight is 1110 g/mol. The summed E-state index contributed by atoms with van der Waals surface area (Å²) in [7, 11) is 0. The number of pyridine rings is 1. The van der Waals surface area contributed by atoms with Gasteiger partial charge in [0.25, 0.3) is 0 Å². The van der Waals surface area contributed by atoms with E-state index in [1.54, 1.807) is 18.3 Å². The number of benzene rings is 8. The Morgan fingerprint density at radius 1 is 0.479 bits per heavy atom. The van der Waals surface area contributed by atoms with E-state index in [0.717, 1.165) is 80.8 Å². The van der Waals surface area contributed by atoms with E-state index in [1.807, 2.05) is 77.4 Å².